The molecule has 1 saturated heterocycles. The molecular formula is C10H20N2O. The molecule has 2 N–H and O–H groups in total. The molecule has 1 amide bonds. The van der Waals surface area contributed by atoms with E-state index in [1.165, 1.54) is 0 Å². The number of carbonyl (C=O) groups is 1. The van der Waals surface area contributed by atoms with E-state index in [1.807, 2.05) is 0 Å². The topological polar surface area (TPSA) is 41.1 Å². The van der Waals surface area contributed by atoms with E-state index in [9.17, 15) is 4.79 Å². The van der Waals surface area contributed by atoms with Crippen molar-refractivity contribution in [3.05, 3.63) is 0 Å². The third-order valence-corrected chi connectivity index (χ3v) is 2.81. The van der Waals surface area contributed by atoms with Crippen molar-refractivity contribution >= 4 is 5.91 Å². The Morgan fingerprint density at radius 2 is 1.92 bits per heavy atom. The Labute approximate surface area is 80.3 Å². The number of nitrogens with one attached hydrogen (secondary N) is 2. The SMILES string of the molecule is CNC(=O)C1CC(C)(C)NC1(C)C. The fourth-order valence-electron chi connectivity index (χ4n) is 2.37. The van der Waals surface area contributed by atoms with Crippen molar-refractivity contribution in [1.82, 2.24) is 10.6 Å². The molecule has 1 atom stereocenters. The minimum absolute atomic E-state index is 0.0701. The van der Waals surface area contributed by atoms with Crippen LogP contribution in [0.3, 0.4) is 0 Å². The predicted octanol–water partition coefficient (Wildman–Crippen LogP) is 0.899. The summed E-state index contributed by atoms with van der Waals surface area (Å²) in [7, 11) is 1.70. The zero-order valence-electron chi connectivity index (χ0n) is 9.19. The van der Waals surface area contributed by atoms with Gasteiger partial charge in [-0.2, -0.15) is 0 Å². The van der Waals surface area contributed by atoms with Crippen LogP contribution in [-0.4, -0.2) is 24.0 Å². The van der Waals surface area contributed by atoms with Crippen LogP contribution in [0.2, 0.25) is 0 Å². The van der Waals surface area contributed by atoms with E-state index in [2.05, 4.69) is 38.3 Å². The lowest BCUT2D eigenvalue weighted by molar-refractivity contribution is -0.125. The van der Waals surface area contributed by atoms with Gasteiger partial charge in [-0.1, -0.05) is 0 Å². The summed E-state index contributed by atoms with van der Waals surface area (Å²) in [5, 5.41) is 6.20. The Balaban J connectivity index is 2.82. The second-order valence-electron chi connectivity index (χ2n) is 5.10. The summed E-state index contributed by atoms with van der Waals surface area (Å²) < 4.78 is 0. The van der Waals surface area contributed by atoms with Crippen LogP contribution in [0.15, 0.2) is 0 Å². The number of rotatable bonds is 1. The van der Waals surface area contributed by atoms with Crippen LogP contribution in [0, 0.1) is 5.92 Å². The molecule has 0 aromatic heterocycles. The number of hydrogen-bond acceptors (Lipinski definition) is 2. The van der Waals surface area contributed by atoms with Gasteiger partial charge in [-0.3, -0.25) is 4.79 Å². The average Bonchev–Trinajstić information content (AvgIpc) is 2.17. The van der Waals surface area contributed by atoms with Crippen molar-refractivity contribution in [3.63, 3.8) is 0 Å². The first-order chi connectivity index (χ1) is 5.78. The maximum atomic E-state index is 11.6. The van der Waals surface area contributed by atoms with Crippen molar-refractivity contribution in [2.24, 2.45) is 5.92 Å². The van der Waals surface area contributed by atoms with Crippen LogP contribution < -0.4 is 10.6 Å². The Morgan fingerprint density at radius 1 is 1.38 bits per heavy atom. The fourth-order valence-corrected chi connectivity index (χ4v) is 2.37. The van der Waals surface area contributed by atoms with E-state index in [-0.39, 0.29) is 22.9 Å². The lowest BCUT2D eigenvalue weighted by atomic mass is 9.86. The molecule has 0 saturated carbocycles. The smallest absolute Gasteiger partial charge is 0.224 e. The highest BCUT2D eigenvalue weighted by Gasteiger charge is 2.47. The first-order valence-electron chi connectivity index (χ1n) is 4.79. The second kappa shape index (κ2) is 2.98. The monoisotopic (exact) mass is 184 g/mol. The molecule has 1 unspecified atom stereocenters. The first kappa shape index (κ1) is 10.5. The molecule has 0 aliphatic carbocycles. The maximum absolute atomic E-state index is 11.6. The van der Waals surface area contributed by atoms with Crippen LogP contribution in [0.4, 0.5) is 0 Å². The average molecular weight is 184 g/mol. The van der Waals surface area contributed by atoms with Gasteiger partial charge in [0.2, 0.25) is 5.91 Å². The van der Waals surface area contributed by atoms with Crippen molar-refractivity contribution in [2.75, 3.05) is 7.05 Å². The molecule has 0 aromatic rings. The highest BCUT2D eigenvalue weighted by molar-refractivity contribution is 5.80. The summed E-state index contributed by atoms with van der Waals surface area (Å²) in [6.07, 6.45) is 0.902. The van der Waals surface area contributed by atoms with E-state index >= 15 is 0 Å². The zero-order valence-corrected chi connectivity index (χ0v) is 9.19. The van der Waals surface area contributed by atoms with Gasteiger partial charge >= 0.3 is 0 Å². The molecular weight excluding hydrogens is 164 g/mol. The molecule has 1 rings (SSSR count). The summed E-state index contributed by atoms with van der Waals surface area (Å²) in [5.74, 6) is 0.218. The minimum Gasteiger partial charge on any atom is -0.359 e. The van der Waals surface area contributed by atoms with Gasteiger partial charge in [-0.15, -0.1) is 0 Å². The van der Waals surface area contributed by atoms with Gasteiger partial charge in [-0.25, -0.2) is 0 Å². The Morgan fingerprint density at radius 3 is 2.23 bits per heavy atom. The van der Waals surface area contributed by atoms with Crippen molar-refractivity contribution in [1.29, 1.82) is 0 Å². The zero-order chi connectivity index (χ0) is 10.3. The molecule has 1 fully saturated rings. The number of amides is 1. The maximum Gasteiger partial charge on any atom is 0.224 e. The largest absolute Gasteiger partial charge is 0.359 e. The van der Waals surface area contributed by atoms with Gasteiger partial charge in [0, 0.05) is 18.1 Å². The number of carbonyl (C=O) groups excluding carboxylic acids is 1. The van der Waals surface area contributed by atoms with Gasteiger partial charge < -0.3 is 10.6 Å². The standard InChI is InChI=1S/C10H20N2O/c1-9(2)6-7(8(13)11-5)10(3,4)12-9/h7,12H,6H2,1-5H3,(H,11,13). The Bertz CT molecular complexity index is 221. The van der Waals surface area contributed by atoms with Crippen LogP contribution in [0.5, 0.6) is 0 Å². The van der Waals surface area contributed by atoms with Gasteiger partial charge in [-0.05, 0) is 34.1 Å². The van der Waals surface area contributed by atoms with Gasteiger partial charge in [0.25, 0.3) is 0 Å². The van der Waals surface area contributed by atoms with Crippen molar-refractivity contribution < 1.29 is 4.79 Å². The predicted molar refractivity (Wildman–Crippen MR) is 53.5 cm³/mol. The first-order valence-corrected chi connectivity index (χ1v) is 4.79. The highest BCUT2D eigenvalue weighted by Crippen LogP contribution is 2.35. The number of hydrogen-bond donors (Lipinski definition) is 2. The summed E-state index contributed by atoms with van der Waals surface area (Å²) in [6, 6.07) is 0. The Hall–Kier alpha value is -0.570. The summed E-state index contributed by atoms with van der Waals surface area (Å²) in [5.41, 5.74) is -0.0235. The summed E-state index contributed by atoms with van der Waals surface area (Å²) >= 11 is 0. The van der Waals surface area contributed by atoms with Crippen LogP contribution in [0.25, 0.3) is 0 Å². The quantitative estimate of drug-likeness (QED) is 0.635. The van der Waals surface area contributed by atoms with E-state index in [0.29, 0.717) is 0 Å². The molecule has 1 heterocycles. The van der Waals surface area contributed by atoms with E-state index in [1.54, 1.807) is 7.05 Å². The van der Waals surface area contributed by atoms with E-state index in [4.69, 9.17) is 0 Å². The normalized spacial score (nSPS) is 30.1. The molecule has 0 bridgehead atoms. The van der Waals surface area contributed by atoms with Crippen molar-refractivity contribution in [2.45, 2.75) is 45.2 Å². The fraction of sp³-hybridized carbons (Fsp3) is 0.900. The molecule has 3 nitrogen and oxygen atoms in total. The van der Waals surface area contributed by atoms with Crippen LogP contribution in [-0.2, 0) is 4.79 Å². The molecule has 1 aliphatic heterocycles. The molecule has 13 heavy (non-hydrogen) atoms. The van der Waals surface area contributed by atoms with E-state index in [0.717, 1.165) is 6.42 Å². The van der Waals surface area contributed by atoms with E-state index < -0.39 is 0 Å². The molecule has 3 heteroatoms. The Kier molecular flexibility index (Phi) is 2.41. The molecule has 76 valence electrons. The second-order valence-corrected chi connectivity index (χ2v) is 5.10. The van der Waals surface area contributed by atoms with Crippen molar-refractivity contribution in [3.8, 4) is 0 Å². The molecule has 0 radical (unpaired) electrons. The minimum atomic E-state index is -0.0937. The summed E-state index contributed by atoms with van der Waals surface area (Å²) in [6.45, 7) is 8.44. The van der Waals surface area contributed by atoms with Crippen LogP contribution in [0.1, 0.15) is 34.1 Å². The molecule has 1 aliphatic rings. The van der Waals surface area contributed by atoms with Gasteiger partial charge in [0.1, 0.15) is 0 Å². The highest BCUT2D eigenvalue weighted by atomic mass is 16.1. The molecule has 0 aromatic carbocycles. The third-order valence-electron chi connectivity index (χ3n) is 2.81. The van der Waals surface area contributed by atoms with Gasteiger partial charge in [0.15, 0.2) is 0 Å². The van der Waals surface area contributed by atoms with Crippen LogP contribution >= 0.6 is 0 Å². The van der Waals surface area contributed by atoms with Gasteiger partial charge in [0.05, 0.1) is 5.92 Å². The molecule has 0 spiro atoms. The lowest BCUT2D eigenvalue weighted by Gasteiger charge is -2.27. The lowest BCUT2D eigenvalue weighted by Crippen LogP contribution is -2.47. The summed E-state index contributed by atoms with van der Waals surface area (Å²) in [4.78, 5) is 11.6. The third kappa shape index (κ3) is 2.02.